The van der Waals surface area contributed by atoms with Crippen LogP contribution in [-0.2, 0) is 28.1 Å². The number of hydrogen-bond acceptors (Lipinski definition) is 0. The van der Waals surface area contributed by atoms with E-state index >= 15 is 0 Å². The standard InChI is InChI=1S/C49H54.C17H20.CH4/c1-12-16-20-36(14-3)37-25-23-34(24-26-37)29-35-19-18-21-38(30-35)42-32-43-41-28-27-40(47(5,6)7)31-45(41)49(11,39(15-4)22-17-13-2)46(43)33-44(42)48(8,9)10;1-5-7-11-15-13(6-2)14-10-8-9-12-16(14)17(15,3)4;/h12-28,30-33H,3-4,29H2,1-2,5-11H3;5,7-12H,1,6H2,2-4H3;1H4/b16-12-,17-13-,36-20+,39-22+;11-7-;. The molecule has 0 saturated carbocycles. The Bertz CT molecular complexity index is 2800. The minimum atomic E-state index is -0.326. The monoisotopic (exact) mass is 883 g/mol. The van der Waals surface area contributed by atoms with E-state index in [9.17, 15) is 0 Å². The fourth-order valence-electron chi connectivity index (χ4n) is 10.0. The van der Waals surface area contributed by atoms with Crippen LogP contribution >= 0.6 is 0 Å². The van der Waals surface area contributed by atoms with Crippen LogP contribution in [0.15, 0.2) is 201 Å². The fraction of sp³-hybridized carbons (Fsp3) is 0.284. The molecule has 0 fully saturated rings. The lowest BCUT2D eigenvalue weighted by Crippen LogP contribution is -2.25. The summed E-state index contributed by atoms with van der Waals surface area (Å²) >= 11 is 0. The van der Waals surface area contributed by atoms with E-state index in [4.69, 9.17) is 0 Å². The third-order valence-corrected chi connectivity index (χ3v) is 13.8. The van der Waals surface area contributed by atoms with E-state index in [1.54, 1.807) is 0 Å². The molecule has 0 aromatic heterocycles. The molecule has 0 bridgehead atoms. The van der Waals surface area contributed by atoms with Crippen LogP contribution in [0.25, 0.3) is 33.4 Å². The molecule has 0 saturated heterocycles. The molecule has 2 aliphatic carbocycles. The molecule has 0 N–H and O–H groups in total. The largest absolute Gasteiger partial charge is 0.0991 e. The smallest absolute Gasteiger partial charge is 0.0435 e. The van der Waals surface area contributed by atoms with Crippen molar-refractivity contribution in [3.8, 4) is 22.3 Å². The van der Waals surface area contributed by atoms with Crippen LogP contribution in [0.3, 0.4) is 0 Å². The van der Waals surface area contributed by atoms with Crippen molar-refractivity contribution in [1.82, 2.24) is 0 Å². The molecule has 0 spiro atoms. The summed E-state index contributed by atoms with van der Waals surface area (Å²) in [7, 11) is 0. The van der Waals surface area contributed by atoms with Gasteiger partial charge in [0.2, 0.25) is 0 Å². The summed E-state index contributed by atoms with van der Waals surface area (Å²) in [6.07, 6.45) is 24.7. The predicted octanol–water partition coefficient (Wildman–Crippen LogP) is 19.2. The van der Waals surface area contributed by atoms with Crippen molar-refractivity contribution in [1.29, 1.82) is 0 Å². The third kappa shape index (κ3) is 10.5. The molecule has 0 amide bonds. The number of benzene rings is 5. The van der Waals surface area contributed by atoms with Gasteiger partial charge in [0, 0.05) is 10.8 Å². The first-order valence-corrected chi connectivity index (χ1v) is 24.0. The highest BCUT2D eigenvalue weighted by Crippen LogP contribution is 2.56. The molecule has 0 heteroatoms. The maximum Gasteiger partial charge on any atom is 0.0435 e. The van der Waals surface area contributed by atoms with Crippen LogP contribution in [0.4, 0.5) is 0 Å². The van der Waals surface area contributed by atoms with Gasteiger partial charge in [-0.15, -0.1) is 0 Å². The topological polar surface area (TPSA) is 0 Å². The average Bonchev–Trinajstić information content (AvgIpc) is 3.68. The van der Waals surface area contributed by atoms with Gasteiger partial charge in [-0.3, -0.25) is 0 Å². The number of allylic oxidation sites excluding steroid dienone is 15. The van der Waals surface area contributed by atoms with Crippen LogP contribution in [0, 0.1) is 0 Å². The zero-order valence-corrected chi connectivity index (χ0v) is 42.2. The van der Waals surface area contributed by atoms with Gasteiger partial charge in [0.1, 0.15) is 0 Å². The van der Waals surface area contributed by atoms with Crippen molar-refractivity contribution in [2.24, 2.45) is 0 Å². The Kier molecular flexibility index (Phi) is 16.3. The van der Waals surface area contributed by atoms with Crippen LogP contribution < -0.4 is 0 Å². The van der Waals surface area contributed by atoms with Crippen molar-refractivity contribution >= 4 is 11.1 Å². The van der Waals surface area contributed by atoms with Gasteiger partial charge >= 0.3 is 0 Å². The van der Waals surface area contributed by atoms with Crippen molar-refractivity contribution in [2.45, 2.75) is 125 Å². The molecule has 2 aliphatic rings. The molecule has 7 rings (SSSR count). The quantitative estimate of drug-likeness (QED) is 0.110. The molecule has 0 heterocycles. The highest BCUT2D eigenvalue weighted by molar-refractivity contribution is 5.89. The normalized spacial score (nSPS) is 16.7. The molecule has 0 nitrogen and oxygen atoms in total. The van der Waals surface area contributed by atoms with Crippen LogP contribution in [0.1, 0.15) is 147 Å². The Balaban J connectivity index is 0.000000391. The van der Waals surface area contributed by atoms with E-state index in [1.165, 1.54) is 89.0 Å². The minimum absolute atomic E-state index is 0. The summed E-state index contributed by atoms with van der Waals surface area (Å²) in [4.78, 5) is 0. The first kappa shape index (κ1) is 51.7. The molecule has 67 heavy (non-hydrogen) atoms. The molecule has 0 aliphatic heterocycles. The van der Waals surface area contributed by atoms with Crippen LogP contribution in [-0.4, -0.2) is 0 Å². The van der Waals surface area contributed by atoms with Crippen molar-refractivity contribution < 1.29 is 0 Å². The van der Waals surface area contributed by atoms with Crippen molar-refractivity contribution in [2.75, 3.05) is 0 Å². The fourth-order valence-corrected chi connectivity index (χ4v) is 10.0. The van der Waals surface area contributed by atoms with Crippen molar-refractivity contribution in [3.05, 3.63) is 251 Å². The van der Waals surface area contributed by atoms with Crippen LogP contribution in [0.5, 0.6) is 0 Å². The Labute approximate surface area is 407 Å². The second-order valence-corrected chi connectivity index (χ2v) is 20.6. The Morgan fingerprint density at radius 3 is 1.88 bits per heavy atom. The lowest BCUT2D eigenvalue weighted by molar-refractivity contribution is 0.585. The Morgan fingerprint density at radius 2 is 1.27 bits per heavy atom. The molecule has 5 aromatic rings. The van der Waals surface area contributed by atoms with E-state index in [-0.39, 0.29) is 29.1 Å². The summed E-state index contributed by atoms with van der Waals surface area (Å²) in [5.74, 6) is 0. The van der Waals surface area contributed by atoms with E-state index in [0.29, 0.717) is 0 Å². The highest BCUT2D eigenvalue weighted by atomic mass is 14.5. The highest BCUT2D eigenvalue weighted by Gasteiger charge is 2.43. The van der Waals surface area contributed by atoms with Gasteiger partial charge in [-0.25, -0.2) is 0 Å². The number of fused-ring (bicyclic) bond motifs is 4. The molecular formula is C67H78. The van der Waals surface area contributed by atoms with Gasteiger partial charge in [0.15, 0.2) is 0 Å². The number of rotatable bonds is 12. The van der Waals surface area contributed by atoms with E-state index in [2.05, 4.69) is 242 Å². The molecule has 346 valence electrons. The zero-order chi connectivity index (χ0) is 48.0. The predicted molar refractivity (Wildman–Crippen MR) is 299 cm³/mol. The maximum absolute atomic E-state index is 4.32. The molecule has 1 atom stereocenters. The van der Waals surface area contributed by atoms with E-state index in [0.717, 1.165) is 18.4 Å². The lowest BCUT2D eigenvalue weighted by atomic mass is 9.70. The summed E-state index contributed by atoms with van der Waals surface area (Å²) in [5.41, 5.74) is 22.3. The van der Waals surface area contributed by atoms with Crippen molar-refractivity contribution in [3.63, 3.8) is 0 Å². The van der Waals surface area contributed by atoms with Gasteiger partial charge in [0.05, 0.1) is 0 Å². The summed E-state index contributed by atoms with van der Waals surface area (Å²) in [6.45, 7) is 39.4. The Morgan fingerprint density at radius 1 is 0.597 bits per heavy atom. The summed E-state index contributed by atoms with van der Waals surface area (Å²) in [6, 6.07) is 38.9. The van der Waals surface area contributed by atoms with Gasteiger partial charge in [0.25, 0.3) is 0 Å². The van der Waals surface area contributed by atoms with Gasteiger partial charge in [-0.2, -0.15) is 0 Å². The second-order valence-electron chi connectivity index (χ2n) is 20.6. The number of hydrogen-bond donors (Lipinski definition) is 0. The molecular weight excluding hydrogens is 805 g/mol. The lowest BCUT2D eigenvalue weighted by Gasteiger charge is -2.32. The minimum Gasteiger partial charge on any atom is -0.0991 e. The zero-order valence-electron chi connectivity index (χ0n) is 42.2. The molecule has 1 unspecified atom stereocenters. The Hall–Kier alpha value is -6.24. The van der Waals surface area contributed by atoms with E-state index < -0.39 is 0 Å². The van der Waals surface area contributed by atoms with Gasteiger partial charge in [-0.05, 0) is 145 Å². The molecule has 5 aromatic carbocycles. The van der Waals surface area contributed by atoms with Crippen LogP contribution in [0.2, 0.25) is 0 Å². The summed E-state index contributed by atoms with van der Waals surface area (Å²) < 4.78 is 0. The van der Waals surface area contributed by atoms with Gasteiger partial charge < -0.3 is 0 Å². The second kappa shape index (κ2) is 21.2. The SMILES string of the molecule is C.C=C/C(=C\C=C/C)c1ccc(Cc2cccc(-c3cc4c(cc3C(C)(C)C)C(C)(/C(C=C)=C/C=C\C)c3cc(C(C)(C)C)ccc3-4)c2)cc1.C=C/C=C\C1=C(CC)c2ccccc2C1(C)C. The third-order valence-electron chi connectivity index (χ3n) is 13.8. The first-order chi connectivity index (χ1) is 31.4. The molecule has 0 radical (unpaired) electrons. The maximum atomic E-state index is 4.32. The summed E-state index contributed by atoms with van der Waals surface area (Å²) in [5, 5.41) is 0. The average molecular weight is 883 g/mol. The van der Waals surface area contributed by atoms with E-state index in [1.807, 2.05) is 31.2 Å². The van der Waals surface area contributed by atoms with Gasteiger partial charge in [-0.1, -0.05) is 253 Å². The first-order valence-electron chi connectivity index (χ1n) is 24.0.